The maximum Gasteiger partial charge on any atom is 0.238 e. The van der Waals surface area contributed by atoms with Crippen molar-refractivity contribution in [3.63, 3.8) is 0 Å². The number of rotatable bonds is 6. The summed E-state index contributed by atoms with van der Waals surface area (Å²) in [4.78, 5) is 11.7. The highest BCUT2D eigenvalue weighted by atomic mass is 79.9. The van der Waals surface area contributed by atoms with Gasteiger partial charge in [0.05, 0.1) is 24.7 Å². The second-order valence-electron chi connectivity index (χ2n) is 4.82. The number of hydrogen-bond acceptors (Lipinski definition) is 3. The smallest absolute Gasteiger partial charge is 0.238 e. The molecule has 0 aliphatic heterocycles. The quantitative estimate of drug-likeness (QED) is 0.774. The molecule has 2 aromatic rings. The van der Waals surface area contributed by atoms with Gasteiger partial charge in [-0.15, -0.1) is 0 Å². The van der Waals surface area contributed by atoms with Crippen molar-refractivity contribution in [2.24, 2.45) is 0 Å². The van der Waals surface area contributed by atoms with Crippen molar-refractivity contribution in [1.82, 2.24) is 0 Å². The highest BCUT2D eigenvalue weighted by Crippen LogP contribution is 2.29. The molecule has 4 nitrogen and oxygen atoms in total. The lowest BCUT2D eigenvalue weighted by molar-refractivity contribution is -0.115. The van der Waals surface area contributed by atoms with Crippen molar-refractivity contribution in [3.05, 3.63) is 53.8 Å². The summed E-state index contributed by atoms with van der Waals surface area (Å²) >= 11 is 3.30. The normalized spacial score (nSPS) is 11.7. The summed E-state index contributed by atoms with van der Waals surface area (Å²) in [5.74, 6) is 0.508. The van der Waals surface area contributed by atoms with Gasteiger partial charge in [-0.25, -0.2) is 4.39 Å². The fourth-order valence-electron chi connectivity index (χ4n) is 2.06. The van der Waals surface area contributed by atoms with Crippen LogP contribution in [-0.2, 0) is 11.2 Å². The molecule has 6 heteroatoms. The van der Waals surface area contributed by atoms with Gasteiger partial charge < -0.3 is 14.8 Å². The molecule has 0 aliphatic rings. The van der Waals surface area contributed by atoms with Crippen LogP contribution in [0.5, 0.6) is 11.5 Å². The zero-order valence-electron chi connectivity index (χ0n) is 12.8. The summed E-state index contributed by atoms with van der Waals surface area (Å²) in [5.41, 5.74) is 1.00. The molecular weight excluding hydrogens is 365 g/mol. The minimum absolute atomic E-state index is 0.247. The molecule has 1 amide bonds. The molecule has 1 atom stereocenters. The SMILES string of the molecule is COc1ccc(NC(=O)C(Br)Cc2ccccc2F)c(OC)c1. The topological polar surface area (TPSA) is 47.6 Å². The Bertz CT molecular complexity index is 693. The number of carbonyl (C=O) groups excluding carboxylic acids is 1. The van der Waals surface area contributed by atoms with Gasteiger partial charge in [0.2, 0.25) is 5.91 Å². The lowest BCUT2D eigenvalue weighted by atomic mass is 10.1. The molecule has 1 N–H and O–H groups in total. The second kappa shape index (κ2) is 7.97. The van der Waals surface area contributed by atoms with Crippen LogP contribution >= 0.6 is 15.9 Å². The second-order valence-corrected chi connectivity index (χ2v) is 5.92. The number of hydrogen-bond donors (Lipinski definition) is 1. The highest BCUT2D eigenvalue weighted by Gasteiger charge is 2.19. The number of amides is 1. The zero-order valence-corrected chi connectivity index (χ0v) is 14.4. The van der Waals surface area contributed by atoms with Crippen molar-refractivity contribution in [3.8, 4) is 11.5 Å². The molecule has 0 aliphatic carbocycles. The van der Waals surface area contributed by atoms with Crippen LogP contribution in [0.4, 0.5) is 10.1 Å². The van der Waals surface area contributed by atoms with Gasteiger partial charge in [-0.05, 0) is 30.2 Å². The molecule has 2 aromatic carbocycles. The number of methoxy groups -OCH3 is 2. The van der Waals surface area contributed by atoms with Crippen molar-refractivity contribution in [2.45, 2.75) is 11.2 Å². The van der Waals surface area contributed by atoms with Gasteiger partial charge >= 0.3 is 0 Å². The number of ether oxygens (including phenoxy) is 2. The van der Waals surface area contributed by atoms with E-state index in [0.29, 0.717) is 22.7 Å². The highest BCUT2D eigenvalue weighted by molar-refractivity contribution is 9.10. The number of alkyl halides is 1. The van der Waals surface area contributed by atoms with Gasteiger partial charge in [-0.3, -0.25) is 4.79 Å². The first-order valence-electron chi connectivity index (χ1n) is 6.95. The van der Waals surface area contributed by atoms with E-state index in [2.05, 4.69) is 21.2 Å². The molecule has 23 heavy (non-hydrogen) atoms. The van der Waals surface area contributed by atoms with Crippen LogP contribution in [0.2, 0.25) is 0 Å². The van der Waals surface area contributed by atoms with Gasteiger partial charge in [0.25, 0.3) is 0 Å². The monoisotopic (exact) mass is 381 g/mol. The van der Waals surface area contributed by atoms with E-state index in [1.54, 1.807) is 43.5 Å². The van der Waals surface area contributed by atoms with Gasteiger partial charge in [0.15, 0.2) is 0 Å². The van der Waals surface area contributed by atoms with E-state index < -0.39 is 4.83 Å². The number of halogens is 2. The molecule has 0 spiro atoms. The molecule has 2 rings (SSSR count). The van der Waals surface area contributed by atoms with E-state index >= 15 is 0 Å². The summed E-state index contributed by atoms with van der Waals surface area (Å²) in [6, 6.07) is 11.5. The van der Waals surface area contributed by atoms with Crippen LogP contribution in [0.1, 0.15) is 5.56 Å². The Morgan fingerprint density at radius 3 is 2.61 bits per heavy atom. The molecular formula is C17H17BrFNO3. The van der Waals surface area contributed by atoms with Gasteiger partial charge in [0.1, 0.15) is 17.3 Å². The predicted molar refractivity (Wildman–Crippen MR) is 91.0 cm³/mol. The van der Waals surface area contributed by atoms with Crippen LogP contribution in [0.25, 0.3) is 0 Å². The summed E-state index contributed by atoms with van der Waals surface area (Å²) in [7, 11) is 3.06. The summed E-state index contributed by atoms with van der Waals surface area (Å²) < 4.78 is 24.0. The number of nitrogens with one attached hydrogen (secondary N) is 1. The zero-order chi connectivity index (χ0) is 16.8. The minimum atomic E-state index is -0.564. The van der Waals surface area contributed by atoms with Crippen molar-refractivity contribution < 1.29 is 18.7 Å². The molecule has 122 valence electrons. The standard InChI is InChI=1S/C17H17BrFNO3/c1-22-12-7-8-15(16(10-12)23-2)20-17(21)13(18)9-11-5-3-4-6-14(11)19/h3-8,10,13H,9H2,1-2H3,(H,20,21). The van der Waals surface area contributed by atoms with Crippen molar-refractivity contribution in [2.75, 3.05) is 19.5 Å². The molecule has 0 heterocycles. The largest absolute Gasteiger partial charge is 0.497 e. The maximum absolute atomic E-state index is 13.7. The molecule has 0 fully saturated rings. The van der Waals surface area contributed by atoms with E-state index in [1.807, 2.05) is 0 Å². The maximum atomic E-state index is 13.7. The average molecular weight is 382 g/mol. The van der Waals surface area contributed by atoms with E-state index in [-0.39, 0.29) is 18.1 Å². The fourth-order valence-corrected chi connectivity index (χ4v) is 2.53. The van der Waals surface area contributed by atoms with Gasteiger partial charge in [-0.2, -0.15) is 0 Å². The van der Waals surface area contributed by atoms with E-state index in [4.69, 9.17) is 9.47 Å². The Kier molecular flexibility index (Phi) is 5.98. The van der Waals surface area contributed by atoms with Crippen molar-refractivity contribution >= 4 is 27.5 Å². The lowest BCUT2D eigenvalue weighted by Crippen LogP contribution is -2.25. The molecule has 0 radical (unpaired) electrons. The van der Waals surface area contributed by atoms with Crippen LogP contribution in [0.15, 0.2) is 42.5 Å². The molecule has 0 saturated heterocycles. The third kappa shape index (κ3) is 4.45. The van der Waals surface area contributed by atoms with Gasteiger partial charge in [0, 0.05) is 6.07 Å². The van der Waals surface area contributed by atoms with Crippen molar-refractivity contribution in [1.29, 1.82) is 0 Å². The van der Waals surface area contributed by atoms with Crippen LogP contribution in [-0.4, -0.2) is 25.0 Å². The predicted octanol–water partition coefficient (Wildman–Crippen LogP) is 3.79. The van der Waals surface area contributed by atoms with E-state index in [0.717, 1.165) is 0 Å². The Morgan fingerprint density at radius 1 is 1.22 bits per heavy atom. The first-order valence-corrected chi connectivity index (χ1v) is 7.87. The number of carbonyl (C=O) groups is 1. The van der Waals surface area contributed by atoms with Crippen LogP contribution in [0.3, 0.4) is 0 Å². The summed E-state index contributed by atoms with van der Waals surface area (Å²) in [6.07, 6.45) is 0.247. The molecule has 1 unspecified atom stereocenters. The van der Waals surface area contributed by atoms with Crippen LogP contribution in [0, 0.1) is 5.82 Å². The van der Waals surface area contributed by atoms with E-state index in [1.165, 1.54) is 13.2 Å². The van der Waals surface area contributed by atoms with Crippen LogP contribution < -0.4 is 14.8 Å². The molecule has 0 bridgehead atoms. The first-order chi connectivity index (χ1) is 11.0. The van der Waals surface area contributed by atoms with E-state index in [9.17, 15) is 9.18 Å². The summed E-state index contributed by atoms with van der Waals surface area (Å²) in [5, 5.41) is 2.76. The Morgan fingerprint density at radius 2 is 1.96 bits per heavy atom. The Hall–Kier alpha value is -2.08. The fraction of sp³-hybridized carbons (Fsp3) is 0.235. The number of anilines is 1. The number of benzene rings is 2. The molecule has 0 saturated carbocycles. The minimum Gasteiger partial charge on any atom is -0.497 e. The third-order valence-electron chi connectivity index (χ3n) is 3.31. The van der Waals surface area contributed by atoms with Gasteiger partial charge in [-0.1, -0.05) is 34.1 Å². The Balaban J connectivity index is 2.08. The average Bonchev–Trinajstić information content (AvgIpc) is 2.57. The third-order valence-corrected chi connectivity index (χ3v) is 4.05. The first kappa shape index (κ1) is 17.3. The lowest BCUT2D eigenvalue weighted by Gasteiger charge is -2.14. The molecule has 0 aromatic heterocycles. The Labute approximate surface area is 142 Å². The summed E-state index contributed by atoms with van der Waals surface area (Å²) in [6.45, 7) is 0.